The summed E-state index contributed by atoms with van der Waals surface area (Å²) in [7, 11) is 0. The van der Waals surface area contributed by atoms with Crippen LogP contribution in [0.4, 0.5) is 0 Å². The Morgan fingerprint density at radius 2 is 1.61 bits per heavy atom. The van der Waals surface area contributed by atoms with Crippen LogP contribution in [0.25, 0.3) is 5.69 Å². The van der Waals surface area contributed by atoms with Crippen LogP contribution >= 0.6 is 0 Å². The second kappa shape index (κ2) is 10.5. The van der Waals surface area contributed by atoms with E-state index in [0.717, 1.165) is 11.3 Å². The van der Waals surface area contributed by atoms with Crippen LogP contribution in [0.5, 0.6) is 17.2 Å². The van der Waals surface area contributed by atoms with Gasteiger partial charge in [-0.25, -0.2) is 9.67 Å². The molecule has 0 saturated carbocycles. The Kier molecular flexibility index (Phi) is 7.48. The normalized spacial score (nSPS) is 11.6. The highest BCUT2D eigenvalue weighted by Gasteiger charge is 2.19. The van der Waals surface area contributed by atoms with Crippen LogP contribution in [0.1, 0.15) is 49.7 Å². The third kappa shape index (κ3) is 5.33. The zero-order valence-corrected chi connectivity index (χ0v) is 18.3. The molecule has 0 saturated heterocycles. The minimum Gasteiger partial charge on any atom is -0.490 e. The van der Waals surface area contributed by atoms with Crippen molar-refractivity contribution in [3.63, 3.8) is 0 Å². The summed E-state index contributed by atoms with van der Waals surface area (Å²) in [4.78, 5) is 16.9. The predicted octanol–water partition coefficient (Wildman–Crippen LogP) is 3.95. The van der Waals surface area contributed by atoms with E-state index in [0.29, 0.717) is 42.6 Å². The first kappa shape index (κ1) is 22.1. The molecule has 0 aliphatic heterocycles. The lowest BCUT2D eigenvalue weighted by molar-refractivity contribution is 0.0938. The Morgan fingerprint density at radius 1 is 1.00 bits per heavy atom. The summed E-state index contributed by atoms with van der Waals surface area (Å²) in [6.07, 6.45) is 3.12. The molecule has 1 N–H and O–H groups in total. The summed E-state index contributed by atoms with van der Waals surface area (Å²) in [6, 6.07) is 11.0. The van der Waals surface area contributed by atoms with Crippen molar-refractivity contribution in [3.05, 3.63) is 60.2 Å². The summed E-state index contributed by atoms with van der Waals surface area (Å²) in [6.45, 7) is 8.96. The fourth-order valence-corrected chi connectivity index (χ4v) is 3.14. The maximum atomic E-state index is 13.0. The molecule has 2 aromatic carbocycles. The van der Waals surface area contributed by atoms with Crippen molar-refractivity contribution in [2.24, 2.45) is 0 Å². The molecular formula is C23H28N4O4. The van der Waals surface area contributed by atoms with Crippen molar-refractivity contribution in [1.82, 2.24) is 20.1 Å². The quantitative estimate of drug-likeness (QED) is 0.530. The van der Waals surface area contributed by atoms with Gasteiger partial charge in [0.1, 0.15) is 12.7 Å². The van der Waals surface area contributed by atoms with Crippen molar-refractivity contribution in [2.45, 2.75) is 33.7 Å². The lowest BCUT2D eigenvalue weighted by Crippen LogP contribution is -2.26. The molecule has 3 aromatic rings. The molecule has 8 nitrogen and oxygen atoms in total. The molecule has 8 heteroatoms. The highest BCUT2D eigenvalue weighted by molar-refractivity contribution is 5.95. The number of ether oxygens (including phenoxy) is 3. The molecule has 0 bridgehead atoms. The van der Waals surface area contributed by atoms with Gasteiger partial charge in [0, 0.05) is 5.56 Å². The van der Waals surface area contributed by atoms with Crippen LogP contribution in [0.2, 0.25) is 0 Å². The van der Waals surface area contributed by atoms with Crippen molar-refractivity contribution in [3.8, 4) is 22.9 Å². The third-order valence-electron chi connectivity index (χ3n) is 4.60. The number of amides is 1. The number of nitrogens with one attached hydrogen (secondary N) is 1. The number of aromatic nitrogens is 3. The summed E-state index contributed by atoms with van der Waals surface area (Å²) in [5.74, 6) is 1.27. The zero-order valence-electron chi connectivity index (χ0n) is 18.3. The second-order valence-corrected chi connectivity index (χ2v) is 6.73. The fourth-order valence-electron chi connectivity index (χ4n) is 3.14. The van der Waals surface area contributed by atoms with Crippen molar-refractivity contribution in [2.75, 3.05) is 19.8 Å². The van der Waals surface area contributed by atoms with Gasteiger partial charge in [-0.15, -0.1) is 0 Å². The fraction of sp³-hybridized carbons (Fsp3) is 0.348. The van der Waals surface area contributed by atoms with Gasteiger partial charge >= 0.3 is 0 Å². The van der Waals surface area contributed by atoms with Gasteiger partial charge in [0.05, 0.1) is 31.5 Å². The van der Waals surface area contributed by atoms with Gasteiger partial charge in [0.25, 0.3) is 5.91 Å². The number of carbonyl (C=O) groups excluding carboxylic acids is 1. The summed E-state index contributed by atoms with van der Waals surface area (Å²) in [5, 5.41) is 7.15. The van der Waals surface area contributed by atoms with E-state index in [1.807, 2.05) is 52.0 Å². The van der Waals surface area contributed by atoms with Crippen LogP contribution in [-0.2, 0) is 0 Å². The molecule has 0 aliphatic carbocycles. The highest BCUT2D eigenvalue weighted by atomic mass is 16.5. The average Bonchev–Trinajstić information content (AvgIpc) is 3.31. The van der Waals surface area contributed by atoms with Crippen LogP contribution in [0.15, 0.2) is 49.1 Å². The Labute approximate surface area is 182 Å². The third-order valence-corrected chi connectivity index (χ3v) is 4.60. The minimum absolute atomic E-state index is 0.199. The number of benzene rings is 2. The monoisotopic (exact) mass is 424 g/mol. The molecule has 0 unspecified atom stereocenters. The van der Waals surface area contributed by atoms with E-state index in [9.17, 15) is 4.79 Å². The van der Waals surface area contributed by atoms with E-state index < -0.39 is 0 Å². The van der Waals surface area contributed by atoms with Crippen molar-refractivity contribution in [1.29, 1.82) is 0 Å². The number of hydrogen-bond donors (Lipinski definition) is 1. The van der Waals surface area contributed by atoms with E-state index in [4.69, 9.17) is 14.2 Å². The maximum absolute atomic E-state index is 13.0. The van der Waals surface area contributed by atoms with E-state index >= 15 is 0 Å². The van der Waals surface area contributed by atoms with Gasteiger partial charge in [-0.05, 0) is 57.5 Å². The Balaban J connectivity index is 1.79. The predicted molar refractivity (Wildman–Crippen MR) is 117 cm³/mol. The lowest BCUT2D eigenvalue weighted by atomic mass is 10.1. The SMILES string of the molecule is CCOc1cc(C(=O)N[C@@H](C)c2ccc(-n3cncn3)cc2)cc(OCC)c1OCC. The van der Waals surface area contributed by atoms with Crippen LogP contribution in [0.3, 0.4) is 0 Å². The second-order valence-electron chi connectivity index (χ2n) is 6.73. The molecule has 1 heterocycles. The molecule has 0 fully saturated rings. The highest BCUT2D eigenvalue weighted by Crippen LogP contribution is 2.39. The summed E-state index contributed by atoms with van der Waals surface area (Å²) >= 11 is 0. The van der Waals surface area contributed by atoms with Gasteiger partial charge in [-0.3, -0.25) is 4.79 Å². The van der Waals surface area contributed by atoms with Gasteiger partial charge in [-0.1, -0.05) is 12.1 Å². The maximum Gasteiger partial charge on any atom is 0.252 e. The van der Waals surface area contributed by atoms with E-state index in [1.165, 1.54) is 6.33 Å². The van der Waals surface area contributed by atoms with Crippen LogP contribution in [0, 0.1) is 0 Å². The molecule has 1 aromatic heterocycles. The molecular weight excluding hydrogens is 396 g/mol. The molecule has 164 valence electrons. The van der Waals surface area contributed by atoms with Gasteiger partial charge in [0.15, 0.2) is 11.5 Å². The number of hydrogen-bond acceptors (Lipinski definition) is 6. The summed E-state index contributed by atoms with van der Waals surface area (Å²) in [5.41, 5.74) is 2.31. The van der Waals surface area contributed by atoms with E-state index in [1.54, 1.807) is 23.1 Å². The lowest BCUT2D eigenvalue weighted by Gasteiger charge is -2.19. The molecule has 0 radical (unpaired) electrons. The molecule has 0 spiro atoms. The van der Waals surface area contributed by atoms with Gasteiger partial charge in [0.2, 0.25) is 5.75 Å². The van der Waals surface area contributed by atoms with Crippen molar-refractivity contribution < 1.29 is 19.0 Å². The first-order chi connectivity index (χ1) is 15.1. The smallest absolute Gasteiger partial charge is 0.252 e. The van der Waals surface area contributed by atoms with Crippen molar-refractivity contribution >= 4 is 5.91 Å². The molecule has 0 aliphatic rings. The first-order valence-corrected chi connectivity index (χ1v) is 10.4. The minimum atomic E-state index is -0.224. The van der Waals surface area contributed by atoms with Gasteiger partial charge in [-0.2, -0.15) is 5.10 Å². The largest absolute Gasteiger partial charge is 0.490 e. The van der Waals surface area contributed by atoms with Gasteiger partial charge < -0.3 is 19.5 Å². The Morgan fingerprint density at radius 3 is 2.13 bits per heavy atom. The van der Waals surface area contributed by atoms with Crippen LogP contribution < -0.4 is 19.5 Å². The number of carbonyl (C=O) groups is 1. The van der Waals surface area contributed by atoms with E-state index in [-0.39, 0.29) is 11.9 Å². The Hall–Kier alpha value is -3.55. The number of nitrogens with zero attached hydrogens (tertiary/aromatic N) is 3. The molecule has 3 rings (SSSR count). The first-order valence-electron chi connectivity index (χ1n) is 10.4. The molecule has 31 heavy (non-hydrogen) atoms. The van der Waals surface area contributed by atoms with Crippen LogP contribution in [-0.4, -0.2) is 40.5 Å². The zero-order chi connectivity index (χ0) is 22.2. The topological polar surface area (TPSA) is 87.5 Å². The molecule has 1 amide bonds. The molecule has 1 atom stereocenters. The standard InChI is InChI=1S/C23H28N4O4/c1-5-29-20-12-18(13-21(30-6-2)22(20)31-7-3)23(28)26-16(4)17-8-10-19(11-9-17)27-15-24-14-25-27/h8-16H,5-7H2,1-4H3,(H,26,28)/t16-/m0/s1. The van der Waals surface area contributed by atoms with E-state index in [2.05, 4.69) is 15.4 Å². The average molecular weight is 425 g/mol. The number of rotatable bonds is 10. The summed E-state index contributed by atoms with van der Waals surface area (Å²) < 4.78 is 18.8. The Bertz CT molecular complexity index is 960.